The van der Waals surface area contributed by atoms with Crippen LogP contribution in [0.3, 0.4) is 0 Å². The summed E-state index contributed by atoms with van der Waals surface area (Å²) in [6, 6.07) is 8.16. The maximum atomic E-state index is 14.3. The van der Waals surface area contributed by atoms with Crippen molar-refractivity contribution < 1.29 is 24.2 Å². The van der Waals surface area contributed by atoms with Gasteiger partial charge in [-0.1, -0.05) is 63.9 Å². The van der Waals surface area contributed by atoms with Gasteiger partial charge in [-0.2, -0.15) is 0 Å². The highest BCUT2D eigenvalue weighted by Gasteiger charge is 2.80. The second-order valence-electron chi connectivity index (χ2n) is 11.3. The standard InChI is InChI=1S/C29H43N3O5/c1-5-7-11-15-31-26(35)24-29-17-19(3)28(4,37-29)22(25(34)30-14-6-2)23(29)27(36)32(24)21(18-33)16-20-12-9-8-10-13-20/h8-10,12-13,19,21-24,33H,5-7,11,14-18H2,1-4H3,(H,30,34)(H,31,35)/t19?,21-,22+,23+,24?,28-,29?/m1/s1. The average molecular weight is 514 g/mol. The monoisotopic (exact) mass is 513 g/mol. The van der Waals surface area contributed by atoms with Gasteiger partial charge < -0.3 is 25.4 Å². The second kappa shape index (κ2) is 11.1. The van der Waals surface area contributed by atoms with Gasteiger partial charge in [-0.3, -0.25) is 14.4 Å². The van der Waals surface area contributed by atoms with E-state index in [9.17, 15) is 19.5 Å². The lowest BCUT2D eigenvalue weighted by atomic mass is 9.62. The number of nitrogens with one attached hydrogen (secondary N) is 2. The third kappa shape index (κ3) is 4.67. The summed E-state index contributed by atoms with van der Waals surface area (Å²) in [5, 5.41) is 16.5. The number of carbonyl (C=O) groups excluding carboxylic acids is 3. The van der Waals surface area contributed by atoms with E-state index in [1.807, 2.05) is 51.1 Å². The Bertz CT molecular complexity index is 987. The average Bonchev–Trinajstić information content (AvgIpc) is 3.41. The summed E-state index contributed by atoms with van der Waals surface area (Å²) in [7, 11) is 0. The number of likely N-dealkylation sites (tertiary alicyclic amines) is 1. The molecule has 0 aliphatic carbocycles. The zero-order chi connectivity index (χ0) is 26.8. The van der Waals surface area contributed by atoms with Crippen molar-refractivity contribution in [2.75, 3.05) is 19.7 Å². The molecule has 0 saturated carbocycles. The molecule has 3 aliphatic heterocycles. The number of hydrogen-bond donors (Lipinski definition) is 3. The van der Waals surface area contributed by atoms with Crippen LogP contribution in [0, 0.1) is 17.8 Å². The SMILES string of the molecule is CCCCCNC(=O)C1N([C@@H](CO)Cc2ccccc2)C(=O)[C@@H]2[C@@H](C(=O)NCCC)[C@]3(C)OC12CC3C. The Labute approximate surface area is 220 Å². The van der Waals surface area contributed by atoms with E-state index >= 15 is 0 Å². The van der Waals surface area contributed by atoms with E-state index in [0.717, 1.165) is 31.2 Å². The first-order chi connectivity index (χ1) is 17.7. The van der Waals surface area contributed by atoms with Crippen LogP contribution in [-0.2, 0) is 25.5 Å². The lowest BCUT2D eigenvalue weighted by Crippen LogP contribution is -2.58. The normalized spacial score (nSPS) is 32.9. The Hall–Kier alpha value is -2.45. The lowest BCUT2D eigenvalue weighted by Gasteiger charge is -2.37. The van der Waals surface area contributed by atoms with Crippen LogP contribution in [0.4, 0.5) is 0 Å². The highest BCUT2D eigenvalue weighted by Crippen LogP contribution is 2.65. The summed E-state index contributed by atoms with van der Waals surface area (Å²) >= 11 is 0. The van der Waals surface area contributed by atoms with Crippen molar-refractivity contribution in [1.29, 1.82) is 0 Å². The maximum absolute atomic E-state index is 14.3. The summed E-state index contributed by atoms with van der Waals surface area (Å²) in [6.07, 6.45) is 4.60. The predicted octanol–water partition coefficient (Wildman–Crippen LogP) is 2.43. The van der Waals surface area contributed by atoms with Crippen LogP contribution in [-0.4, -0.2) is 70.7 Å². The second-order valence-corrected chi connectivity index (χ2v) is 11.3. The predicted molar refractivity (Wildman–Crippen MR) is 140 cm³/mol. The minimum absolute atomic E-state index is 0.00836. The number of rotatable bonds is 12. The fourth-order valence-electron chi connectivity index (χ4n) is 6.95. The van der Waals surface area contributed by atoms with Crippen molar-refractivity contribution in [1.82, 2.24) is 15.5 Å². The third-order valence-corrected chi connectivity index (χ3v) is 8.83. The molecule has 0 radical (unpaired) electrons. The van der Waals surface area contributed by atoms with E-state index in [2.05, 4.69) is 17.6 Å². The van der Waals surface area contributed by atoms with Crippen molar-refractivity contribution in [3.63, 3.8) is 0 Å². The number of hydrogen-bond acceptors (Lipinski definition) is 5. The zero-order valence-corrected chi connectivity index (χ0v) is 22.7. The number of unbranched alkanes of at least 4 members (excludes halogenated alkanes) is 2. The number of nitrogens with zero attached hydrogens (tertiary/aromatic N) is 1. The minimum atomic E-state index is -1.10. The van der Waals surface area contributed by atoms with Crippen molar-refractivity contribution >= 4 is 17.7 Å². The van der Waals surface area contributed by atoms with Crippen LogP contribution in [0.1, 0.15) is 65.4 Å². The molecule has 204 valence electrons. The van der Waals surface area contributed by atoms with Crippen LogP contribution in [0.5, 0.6) is 0 Å². The van der Waals surface area contributed by atoms with Crippen LogP contribution in [0.2, 0.25) is 0 Å². The van der Waals surface area contributed by atoms with Gasteiger partial charge in [0.15, 0.2) is 0 Å². The first kappa shape index (κ1) is 27.6. The van der Waals surface area contributed by atoms with Gasteiger partial charge in [-0.05, 0) is 44.1 Å². The molecule has 3 unspecified atom stereocenters. The number of fused-ring (bicyclic) bond motifs is 1. The molecule has 3 heterocycles. The molecule has 1 aromatic carbocycles. The molecule has 7 atom stereocenters. The lowest BCUT2D eigenvalue weighted by molar-refractivity contribution is -0.150. The number of carbonyl (C=O) groups is 3. The van der Waals surface area contributed by atoms with E-state index in [1.165, 1.54) is 0 Å². The minimum Gasteiger partial charge on any atom is -0.394 e. The zero-order valence-electron chi connectivity index (χ0n) is 22.7. The fourth-order valence-corrected chi connectivity index (χ4v) is 6.95. The van der Waals surface area contributed by atoms with Gasteiger partial charge in [0.2, 0.25) is 17.7 Å². The molecule has 3 N–H and O–H groups in total. The van der Waals surface area contributed by atoms with Gasteiger partial charge in [-0.15, -0.1) is 0 Å². The van der Waals surface area contributed by atoms with E-state index in [4.69, 9.17) is 4.74 Å². The summed E-state index contributed by atoms with van der Waals surface area (Å²) in [5.41, 5.74) is -0.967. The van der Waals surface area contributed by atoms with Gasteiger partial charge >= 0.3 is 0 Å². The van der Waals surface area contributed by atoms with Crippen LogP contribution in [0.15, 0.2) is 30.3 Å². The third-order valence-electron chi connectivity index (χ3n) is 8.83. The fraction of sp³-hybridized carbons (Fsp3) is 0.690. The smallest absolute Gasteiger partial charge is 0.245 e. The van der Waals surface area contributed by atoms with E-state index in [1.54, 1.807) is 4.90 Å². The Morgan fingerprint density at radius 2 is 1.81 bits per heavy atom. The summed E-state index contributed by atoms with van der Waals surface area (Å²) < 4.78 is 6.74. The first-order valence-electron chi connectivity index (χ1n) is 14.0. The summed E-state index contributed by atoms with van der Waals surface area (Å²) in [4.78, 5) is 43.2. The van der Waals surface area contributed by atoms with Gasteiger partial charge in [0.05, 0.1) is 30.1 Å². The number of aliphatic hydroxyl groups is 1. The molecule has 3 fully saturated rings. The number of aliphatic hydroxyl groups excluding tert-OH is 1. The van der Waals surface area contributed by atoms with Crippen molar-refractivity contribution in [2.24, 2.45) is 17.8 Å². The van der Waals surface area contributed by atoms with Gasteiger partial charge in [-0.25, -0.2) is 0 Å². The van der Waals surface area contributed by atoms with Crippen molar-refractivity contribution in [2.45, 2.75) is 89.5 Å². The van der Waals surface area contributed by atoms with Crippen LogP contribution in [0.25, 0.3) is 0 Å². The molecular formula is C29H43N3O5. The van der Waals surface area contributed by atoms with Crippen LogP contribution < -0.4 is 10.6 Å². The molecule has 8 heteroatoms. The molecule has 1 spiro atoms. The maximum Gasteiger partial charge on any atom is 0.245 e. The molecule has 3 amide bonds. The topological polar surface area (TPSA) is 108 Å². The Balaban J connectivity index is 1.73. The molecule has 0 aromatic heterocycles. The molecule has 37 heavy (non-hydrogen) atoms. The molecule has 8 nitrogen and oxygen atoms in total. The number of benzene rings is 1. The summed E-state index contributed by atoms with van der Waals surface area (Å²) in [5.74, 6) is -2.18. The highest BCUT2D eigenvalue weighted by atomic mass is 16.5. The van der Waals surface area contributed by atoms with E-state index in [-0.39, 0.29) is 30.2 Å². The Kier molecular flexibility index (Phi) is 8.29. The van der Waals surface area contributed by atoms with Gasteiger partial charge in [0.25, 0.3) is 0 Å². The van der Waals surface area contributed by atoms with Crippen LogP contribution >= 0.6 is 0 Å². The molecule has 1 aromatic rings. The van der Waals surface area contributed by atoms with Gasteiger partial charge in [0, 0.05) is 13.1 Å². The molecular weight excluding hydrogens is 470 g/mol. The number of amides is 3. The van der Waals surface area contributed by atoms with Gasteiger partial charge in [0.1, 0.15) is 11.6 Å². The van der Waals surface area contributed by atoms with E-state index < -0.39 is 35.1 Å². The molecule has 2 bridgehead atoms. The highest BCUT2D eigenvalue weighted by molar-refractivity contribution is 5.99. The summed E-state index contributed by atoms with van der Waals surface area (Å²) in [6.45, 7) is 8.80. The molecule has 4 rings (SSSR count). The van der Waals surface area contributed by atoms with Crippen molar-refractivity contribution in [3.05, 3.63) is 35.9 Å². The van der Waals surface area contributed by atoms with Crippen molar-refractivity contribution in [3.8, 4) is 0 Å². The molecule has 3 saturated heterocycles. The van der Waals surface area contributed by atoms with E-state index in [0.29, 0.717) is 25.9 Å². The first-order valence-corrected chi connectivity index (χ1v) is 14.0. The Morgan fingerprint density at radius 3 is 2.46 bits per heavy atom. The Morgan fingerprint density at radius 1 is 1.11 bits per heavy atom. The quantitative estimate of drug-likeness (QED) is 0.372. The number of ether oxygens (including phenoxy) is 1. The molecule has 3 aliphatic rings. The largest absolute Gasteiger partial charge is 0.394 e.